The van der Waals surface area contributed by atoms with Gasteiger partial charge in [-0.2, -0.15) is 5.10 Å². The molecule has 1 amide bonds. The van der Waals surface area contributed by atoms with Crippen LogP contribution >= 0.6 is 0 Å². The zero-order chi connectivity index (χ0) is 20.2. The van der Waals surface area contributed by atoms with Gasteiger partial charge >= 0.3 is 0 Å². The van der Waals surface area contributed by atoms with Crippen LogP contribution in [0.5, 0.6) is 0 Å². The molecule has 1 N–H and O–H groups in total. The molecule has 4 rings (SSSR count). The molecule has 1 aromatic carbocycles. The van der Waals surface area contributed by atoms with Gasteiger partial charge in [-0.15, -0.1) is 0 Å². The molecule has 0 atom stereocenters. The number of carbonyl (C=O) groups is 1. The van der Waals surface area contributed by atoms with Crippen molar-refractivity contribution in [3.63, 3.8) is 0 Å². The summed E-state index contributed by atoms with van der Waals surface area (Å²) >= 11 is 0. The zero-order valence-corrected chi connectivity index (χ0v) is 16.8. The lowest BCUT2D eigenvalue weighted by Crippen LogP contribution is -2.34. The highest BCUT2D eigenvalue weighted by Gasteiger charge is 2.20. The van der Waals surface area contributed by atoms with Gasteiger partial charge in [0.25, 0.3) is 5.56 Å². The first kappa shape index (κ1) is 19.4. The number of nitrogens with zero attached hydrogens (tertiary/aromatic N) is 4. The van der Waals surface area contributed by atoms with E-state index in [0.29, 0.717) is 30.7 Å². The average molecular weight is 393 g/mol. The molecule has 1 saturated carbocycles. The molecule has 0 bridgehead atoms. The number of carbonyl (C=O) groups excluding carboxylic acids is 1. The Balaban J connectivity index is 1.43. The molecule has 1 fully saturated rings. The number of aromatic nitrogens is 4. The maximum atomic E-state index is 12.8. The topological polar surface area (TPSA) is 81.8 Å². The Morgan fingerprint density at radius 2 is 2.07 bits per heavy atom. The molecule has 2 heterocycles. The molecule has 29 heavy (non-hydrogen) atoms. The van der Waals surface area contributed by atoms with Gasteiger partial charge in [-0.3, -0.25) is 14.2 Å². The van der Waals surface area contributed by atoms with E-state index < -0.39 is 0 Å². The van der Waals surface area contributed by atoms with Crippen molar-refractivity contribution in [3.8, 4) is 0 Å². The summed E-state index contributed by atoms with van der Waals surface area (Å²) in [5.74, 6) is 0.277. The van der Waals surface area contributed by atoms with Gasteiger partial charge in [0.05, 0.1) is 19.3 Å². The minimum Gasteiger partial charge on any atom is -0.354 e. The van der Waals surface area contributed by atoms with E-state index in [1.165, 1.54) is 6.42 Å². The molecule has 1 aliphatic carbocycles. The van der Waals surface area contributed by atoms with Gasteiger partial charge in [0.15, 0.2) is 5.65 Å². The zero-order valence-electron chi connectivity index (χ0n) is 16.8. The number of fused-ring (bicyclic) bond motifs is 1. The van der Waals surface area contributed by atoms with E-state index in [-0.39, 0.29) is 17.4 Å². The van der Waals surface area contributed by atoms with Gasteiger partial charge in [0.2, 0.25) is 5.91 Å². The average Bonchev–Trinajstić information content (AvgIpc) is 3.14. The Hall–Kier alpha value is -2.96. The van der Waals surface area contributed by atoms with Crippen molar-refractivity contribution in [3.05, 3.63) is 58.3 Å². The van der Waals surface area contributed by atoms with Gasteiger partial charge in [0.1, 0.15) is 11.7 Å². The highest BCUT2D eigenvalue weighted by molar-refractivity contribution is 5.78. The van der Waals surface area contributed by atoms with Gasteiger partial charge in [-0.05, 0) is 25.3 Å². The predicted octanol–water partition coefficient (Wildman–Crippen LogP) is 2.65. The Morgan fingerprint density at radius 1 is 1.24 bits per heavy atom. The van der Waals surface area contributed by atoms with Crippen molar-refractivity contribution >= 4 is 16.9 Å². The molecular weight excluding hydrogens is 366 g/mol. The van der Waals surface area contributed by atoms with Crippen molar-refractivity contribution in [1.82, 2.24) is 24.6 Å². The SMILES string of the molecule is Cc1cccc(Cn2cnc3c(cnn3CCNC(=O)C3CCCCC3)c2=O)c1. The van der Waals surface area contributed by atoms with Crippen LogP contribution in [-0.4, -0.2) is 31.8 Å². The van der Waals surface area contributed by atoms with Crippen LogP contribution in [0.3, 0.4) is 0 Å². The first-order chi connectivity index (χ1) is 14.1. The molecule has 1 aliphatic rings. The smallest absolute Gasteiger partial charge is 0.264 e. The van der Waals surface area contributed by atoms with Crippen LogP contribution in [0, 0.1) is 12.8 Å². The van der Waals surface area contributed by atoms with Crippen LogP contribution < -0.4 is 10.9 Å². The fourth-order valence-corrected chi connectivity index (χ4v) is 4.08. The quantitative estimate of drug-likeness (QED) is 0.698. The van der Waals surface area contributed by atoms with Crippen molar-refractivity contribution in [2.45, 2.75) is 52.1 Å². The minimum absolute atomic E-state index is 0.103. The predicted molar refractivity (Wildman–Crippen MR) is 112 cm³/mol. The van der Waals surface area contributed by atoms with Crippen molar-refractivity contribution in [2.75, 3.05) is 6.54 Å². The van der Waals surface area contributed by atoms with Gasteiger partial charge in [0, 0.05) is 12.5 Å². The van der Waals surface area contributed by atoms with Crippen LogP contribution in [0.1, 0.15) is 43.2 Å². The number of rotatable bonds is 6. The second-order valence-corrected chi connectivity index (χ2v) is 7.90. The molecule has 7 heteroatoms. The van der Waals surface area contributed by atoms with Crippen molar-refractivity contribution < 1.29 is 4.79 Å². The van der Waals surface area contributed by atoms with Crippen LogP contribution in [0.15, 0.2) is 41.6 Å². The van der Waals surface area contributed by atoms with E-state index in [9.17, 15) is 9.59 Å². The third-order valence-corrected chi connectivity index (χ3v) is 5.66. The van der Waals surface area contributed by atoms with Crippen molar-refractivity contribution in [1.29, 1.82) is 0 Å². The number of amides is 1. The Kier molecular flexibility index (Phi) is 5.74. The second kappa shape index (κ2) is 8.59. The van der Waals surface area contributed by atoms with Crippen LogP contribution in [-0.2, 0) is 17.9 Å². The Bertz CT molecular complexity index is 1060. The summed E-state index contributed by atoms with van der Waals surface area (Å²) in [7, 11) is 0. The first-order valence-electron chi connectivity index (χ1n) is 10.4. The molecule has 152 valence electrons. The molecule has 3 aromatic rings. The monoisotopic (exact) mass is 393 g/mol. The molecule has 0 unspecified atom stereocenters. The number of aryl methyl sites for hydroxylation is 1. The lowest BCUT2D eigenvalue weighted by atomic mass is 9.89. The second-order valence-electron chi connectivity index (χ2n) is 7.90. The summed E-state index contributed by atoms with van der Waals surface area (Å²) in [6.07, 6.45) is 8.63. The largest absolute Gasteiger partial charge is 0.354 e. The van der Waals surface area contributed by atoms with E-state index in [1.807, 2.05) is 25.1 Å². The standard InChI is InChI=1S/C22H27N5O2/c1-16-6-5-7-17(12-16)14-26-15-24-20-19(22(26)29)13-25-27(20)11-10-23-21(28)18-8-3-2-4-9-18/h5-7,12-13,15,18H,2-4,8-11,14H2,1H3,(H,23,28). The highest BCUT2D eigenvalue weighted by atomic mass is 16.2. The highest BCUT2D eigenvalue weighted by Crippen LogP contribution is 2.23. The number of nitrogens with one attached hydrogen (secondary N) is 1. The van der Waals surface area contributed by atoms with E-state index in [4.69, 9.17) is 0 Å². The summed E-state index contributed by atoms with van der Waals surface area (Å²) in [4.78, 5) is 29.6. The molecule has 0 saturated heterocycles. The summed E-state index contributed by atoms with van der Waals surface area (Å²) in [6, 6.07) is 8.09. The van der Waals surface area contributed by atoms with E-state index >= 15 is 0 Å². The minimum atomic E-state index is -0.103. The number of benzene rings is 1. The summed E-state index contributed by atoms with van der Waals surface area (Å²) < 4.78 is 3.29. The molecule has 0 radical (unpaired) electrons. The maximum Gasteiger partial charge on any atom is 0.264 e. The number of hydrogen-bond acceptors (Lipinski definition) is 4. The van der Waals surface area contributed by atoms with Crippen LogP contribution in [0.2, 0.25) is 0 Å². The van der Waals surface area contributed by atoms with Gasteiger partial charge < -0.3 is 5.32 Å². The van der Waals surface area contributed by atoms with E-state index in [1.54, 1.807) is 21.8 Å². The number of hydrogen-bond donors (Lipinski definition) is 1. The van der Waals surface area contributed by atoms with Crippen LogP contribution in [0.25, 0.3) is 11.0 Å². The van der Waals surface area contributed by atoms with E-state index in [0.717, 1.165) is 36.8 Å². The molecule has 0 aliphatic heterocycles. The summed E-state index contributed by atoms with van der Waals surface area (Å²) in [6.45, 7) is 3.49. The summed E-state index contributed by atoms with van der Waals surface area (Å²) in [5, 5.41) is 7.82. The third-order valence-electron chi connectivity index (χ3n) is 5.66. The fourth-order valence-electron chi connectivity index (χ4n) is 4.08. The lowest BCUT2D eigenvalue weighted by molar-refractivity contribution is -0.125. The Morgan fingerprint density at radius 3 is 2.86 bits per heavy atom. The first-order valence-corrected chi connectivity index (χ1v) is 10.4. The third kappa shape index (κ3) is 4.39. The Labute approximate surface area is 169 Å². The summed E-state index contributed by atoms with van der Waals surface area (Å²) in [5.41, 5.74) is 2.68. The van der Waals surface area contributed by atoms with Gasteiger partial charge in [-0.25, -0.2) is 9.67 Å². The van der Waals surface area contributed by atoms with E-state index in [2.05, 4.69) is 21.5 Å². The molecule has 0 spiro atoms. The molecular formula is C22H27N5O2. The molecule has 7 nitrogen and oxygen atoms in total. The molecule has 2 aromatic heterocycles. The van der Waals surface area contributed by atoms with Crippen molar-refractivity contribution in [2.24, 2.45) is 5.92 Å². The maximum absolute atomic E-state index is 12.8. The fraction of sp³-hybridized carbons (Fsp3) is 0.455. The van der Waals surface area contributed by atoms with Crippen LogP contribution in [0.4, 0.5) is 0 Å². The lowest BCUT2D eigenvalue weighted by Gasteiger charge is -2.20. The normalized spacial score (nSPS) is 14.9. The van der Waals surface area contributed by atoms with Gasteiger partial charge in [-0.1, -0.05) is 49.1 Å².